The maximum absolute atomic E-state index is 15.5. The third-order valence-electron chi connectivity index (χ3n) is 13.9. The van der Waals surface area contributed by atoms with Crippen LogP contribution < -0.4 is 38.5 Å². The van der Waals surface area contributed by atoms with Gasteiger partial charge in [-0.3, -0.25) is 19.8 Å². The van der Waals surface area contributed by atoms with E-state index in [2.05, 4.69) is 22.9 Å². The molecule has 3 aromatic carbocycles. The van der Waals surface area contributed by atoms with E-state index in [1.54, 1.807) is 53.0 Å². The molecule has 0 saturated carbocycles. The first-order chi connectivity index (χ1) is 34.0. The summed E-state index contributed by atoms with van der Waals surface area (Å²) in [4.78, 5) is 61.1. The Kier molecular flexibility index (Phi) is 14.3. The van der Waals surface area contributed by atoms with Crippen LogP contribution in [0.15, 0.2) is 30.9 Å². The summed E-state index contributed by atoms with van der Waals surface area (Å²) in [5.41, 5.74) is 2.33. The van der Waals surface area contributed by atoms with E-state index in [0.29, 0.717) is 69.3 Å². The number of esters is 2. The molecule has 2 fully saturated rings. The number of nitrogens with one attached hydrogen (secondary N) is 1. The lowest BCUT2D eigenvalue weighted by Crippen LogP contribution is -2.69. The van der Waals surface area contributed by atoms with E-state index in [1.165, 1.54) is 25.8 Å². The predicted molar refractivity (Wildman–Crippen MR) is 267 cm³/mol. The molecule has 2 saturated heterocycles. The van der Waals surface area contributed by atoms with Crippen molar-refractivity contribution in [2.75, 3.05) is 46.5 Å². The zero-order valence-corrected chi connectivity index (χ0v) is 44.3. The minimum Gasteiger partial charge on any atom is -0.493 e. The minimum absolute atomic E-state index is 0.00578. The predicted octanol–water partition coefficient (Wildman–Crippen LogP) is 8.56. The second-order valence-corrected chi connectivity index (χ2v) is 22.3. The number of carbonyl (C=O) groups is 4. The van der Waals surface area contributed by atoms with Gasteiger partial charge < -0.3 is 47.5 Å². The number of benzene rings is 3. The van der Waals surface area contributed by atoms with Crippen LogP contribution in [-0.2, 0) is 35.8 Å². The van der Waals surface area contributed by atoms with Crippen LogP contribution in [0.1, 0.15) is 124 Å². The Morgan fingerprint density at radius 3 is 2.31 bits per heavy atom. The Morgan fingerprint density at radius 2 is 1.67 bits per heavy atom. The number of nitrogens with zero attached hydrogens (tertiary/aromatic N) is 3. The van der Waals surface area contributed by atoms with Gasteiger partial charge in [-0.15, -0.1) is 11.8 Å². The molecular formula is C54H66N4O13S. The average molecular weight is 1010 g/mol. The number of methoxy groups -OCH3 is 2. The van der Waals surface area contributed by atoms with E-state index in [9.17, 15) is 14.9 Å². The summed E-state index contributed by atoms with van der Waals surface area (Å²) in [6, 6.07) is 3.64. The van der Waals surface area contributed by atoms with Gasteiger partial charge in [-0.25, -0.2) is 9.59 Å². The number of nitriles is 1. The van der Waals surface area contributed by atoms with Gasteiger partial charge in [0, 0.05) is 47.9 Å². The third kappa shape index (κ3) is 9.17. The molecule has 6 heterocycles. The highest BCUT2D eigenvalue weighted by Gasteiger charge is 2.61. The first-order valence-corrected chi connectivity index (χ1v) is 25.3. The zero-order chi connectivity index (χ0) is 52.4. The van der Waals surface area contributed by atoms with Gasteiger partial charge in [-0.05, 0) is 94.7 Å². The molecule has 0 aromatic heterocycles. The van der Waals surface area contributed by atoms with Gasteiger partial charge in [0.25, 0.3) is 0 Å². The monoisotopic (exact) mass is 1010 g/mol. The van der Waals surface area contributed by atoms with Gasteiger partial charge >= 0.3 is 18.1 Å². The molecule has 18 heteroatoms. The van der Waals surface area contributed by atoms with Gasteiger partial charge in [0.1, 0.15) is 30.6 Å². The summed E-state index contributed by atoms with van der Waals surface area (Å²) >= 11 is 1.40. The molecule has 2 unspecified atom stereocenters. The standard InChI is InChI=1S/C54H66N4O13S/c1-15-18-65-47-39(27(2)19-28(3)44(47)64-14)42-43-49-41-40(48-46(67-26-68-48)29(4)45(41)69-31(6)59)35(58(43)34(23-55)30(5)57(42)38(60)22-52(7,8)9)24-66-50(61)54(25-72-49)33-21-36(63-13)37(20-32(33)16-17-56-54)70-51(62)71-53(10,11)12/h15,19-21,30,34-35,42-43,49,56H,1,16-18,22,24-26H2,2-14H3/t30-,34-,35-,42?,43?,49+,54+/m0/s1. The van der Waals surface area contributed by atoms with Crippen molar-refractivity contribution in [2.24, 2.45) is 5.41 Å². The fraction of sp³-hybridized carbons (Fsp3) is 0.537. The van der Waals surface area contributed by atoms with Crippen molar-refractivity contribution < 1.29 is 61.8 Å². The molecule has 6 aliphatic rings. The molecule has 1 N–H and O–H groups in total. The van der Waals surface area contributed by atoms with E-state index >= 15 is 9.59 Å². The first-order valence-electron chi connectivity index (χ1n) is 24.2. The van der Waals surface area contributed by atoms with Crippen LogP contribution in [0.25, 0.3) is 0 Å². The molecule has 0 aliphatic carbocycles. The van der Waals surface area contributed by atoms with Crippen LogP contribution in [0, 0.1) is 37.5 Å². The number of thioether (sulfide) groups is 1. The number of aryl methyl sites for hydroxylation is 2. The van der Waals surface area contributed by atoms with Crippen LogP contribution in [0.4, 0.5) is 4.79 Å². The van der Waals surface area contributed by atoms with Crippen molar-refractivity contribution in [1.29, 1.82) is 5.26 Å². The van der Waals surface area contributed by atoms with E-state index in [4.69, 9.17) is 42.6 Å². The lowest BCUT2D eigenvalue weighted by Gasteiger charge is -2.60. The highest BCUT2D eigenvalue weighted by atomic mass is 32.2. The van der Waals surface area contributed by atoms with E-state index in [0.717, 1.165) is 11.1 Å². The molecule has 2 bridgehead atoms. The molecule has 7 atom stereocenters. The molecule has 72 heavy (non-hydrogen) atoms. The van der Waals surface area contributed by atoms with E-state index in [-0.39, 0.29) is 55.3 Å². The Labute approximate surface area is 425 Å². The summed E-state index contributed by atoms with van der Waals surface area (Å²) in [5, 5.41) is 14.3. The number of fused-ring (bicyclic) bond motifs is 5. The SMILES string of the molecule is C=CCOc1c(OC)c(C)cc(C)c1C1C2[C@@H]3SC[C@]4(NCCc5cc(OC(=O)OC(C)(C)C)c(OC)cc54)C(=O)OC[C@@H](c4c5c(c(C)c(OC(C)=O)c43)OCO5)N2[C@@H](C#N)[C@H](C)N1C(=O)CC(C)(C)C. The maximum atomic E-state index is 15.5. The van der Waals surface area contributed by atoms with E-state index in [1.807, 2.05) is 52.5 Å². The number of hydrogen-bond donors (Lipinski definition) is 1. The first kappa shape index (κ1) is 52.2. The Morgan fingerprint density at radius 1 is 0.944 bits per heavy atom. The smallest absolute Gasteiger partial charge is 0.493 e. The van der Waals surface area contributed by atoms with Crippen molar-refractivity contribution in [3.63, 3.8) is 0 Å². The van der Waals surface area contributed by atoms with Crippen molar-refractivity contribution >= 4 is 35.8 Å². The van der Waals surface area contributed by atoms with Gasteiger partial charge in [-0.2, -0.15) is 5.26 Å². The van der Waals surface area contributed by atoms with Crippen LogP contribution in [-0.4, -0.2) is 104 Å². The summed E-state index contributed by atoms with van der Waals surface area (Å²) < 4.78 is 55.2. The largest absolute Gasteiger partial charge is 0.514 e. The second kappa shape index (κ2) is 19.7. The second-order valence-electron chi connectivity index (χ2n) is 21.2. The Balaban J connectivity index is 1.44. The third-order valence-corrected chi connectivity index (χ3v) is 15.3. The highest BCUT2D eigenvalue weighted by molar-refractivity contribution is 7.99. The molecule has 3 aromatic rings. The van der Waals surface area contributed by atoms with Crippen LogP contribution in [0.3, 0.4) is 0 Å². The lowest BCUT2D eigenvalue weighted by atomic mass is 9.74. The number of piperazine rings is 1. The zero-order valence-electron chi connectivity index (χ0n) is 43.5. The molecule has 17 nitrogen and oxygen atoms in total. The highest BCUT2D eigenvalue weighted by Crippen LogP contribution is 2.64. The molecule has 386 valence electrons. The molecule has 0 radical (unpaired) electrons. The Bertz CT molecular complexity index is 2760. The normalized spacial score (nSPS) is 24.4. The average Bonchev–Trinajstić information content (AvgIpc) is 3.79. The summed E-state index contributed by atoms with van der Waals surface area (Å²) in [6.07, 6.45) is 1.31. The fourth-order valence-corrected chi connectivity index (χ4v) is 12.9. The minimum atomic E-state index is -1.54. The van der Waals surface area contributed by atoms with Crippen molar-refractivity contribution in [3.05, 3.63) is 75.4 Å². The lowest BCUT2D eigenvalue weighted by molar-refractivity contribution is -0.160. The molecular weight excluding hydrogens is 945 g/mol. The molecule has 1 amide bonds. The summed E-state index contributed by atoms with van der Waals surface area (Å²) in [7, 11) is 3.02. The van der Waals surface area contributed by atoms with Crippen molar-refractivity contribution in [3.8, 4) is 46.3 Å². The molecule has 6 aliphatic heterocycles. The van der Waals surface area contributed by atoms with Gasteiger partial charge in [0.05, 0.1) is 49.7 Å². The van der Waals surface area contributed by atoms with Crippen LogP contribution in [0.5, 0.6) is 40.2 Å². The maximum Gasteiger partial charge on any atom is 0.514 e. The summed E-state index contributed by atoms with van der Waals surface area (Å²) in [6.45, 7) is 24.1. The van der Waals surface area contributed by atoms with Crippen LogP contribution >= 0.6 is 11.8 Å². The molecule has 9 rings (SSSR count). The van der Waals surface area contributed by atoms with Gasteiger partial charge in [0.15, 0.2) is 40.0 Å². The number of hydrogen-bond acceptors (Lipinski definition) is 17. The van der Waals surface area contributed by atoms with E-state index < -0.39 is 70.1 Å². The fourth-order valence-electron chi connectivity index (χ4n) is 11.2. The number of carbonyl (C=O) groups excluding carboxylic acids is 4. The quantitative estimate of drug-likeness (QED) is 0.0926. The van der Waals surface area contributed by atoms with Crippen LogP contribution in [0.2, 0.25) is 0 Å². The van der Waals surface area contributed by atoms with Crippen molar-refractivity contribution in [1.82, 2.24) is 15.1 Å². The number of amides is 1. The molecule has 1 spiro atoms. The van der Waals surface area contributed by atoms with Gasteiger partial charge in [0.2, 0.25) is 12.7 Å². The van der Waals surface area contributed by atoms with Gasteiger partial charge in [-0.1, -0.05) is 39.5 Å². The Hall–Kier alpha value is -6.16. The summed E-state index contributed by atoms with van der Waals surface area (Å²) in [5.74, 6) is 0.823. The topological polar surface area (TPSA) is 194 Å². The number of ether oxygens (including phenoxy) is 9. The van der Waals surface area contributed by atoms with Crippen molar-refractivity contribution in [2.45, 2.75) is 136 Å². The number of rotatable bonds is 9.